The smallest absolute Gasteiger partial charge is 0.262 e. The number of amides is 2. The molecule has 0 aliphatic carbocycles. The van der Waals surface area contributed by atoms with Crippen molar-refractivity contribution in [1.29, 1.82) is 0 Å². The van der Waals surface area contributed by atoms with Crippen LogP contribution in [-0.4, -0.2) is 18.9 Å². The topological polar surface area (TPSA) is 67.4 Å². The molecule has 2 amide bonds. The zero-order valence-corrected chi connectivity index (χ0v) is 19.0. The van der Waals surface area contributed by atoms with Gasteiger partial charge in [0.05, 0.1) is 0 Å². The highest BCUT2D eigenvalue weighted by Gasteiger charge is 2.26. The average Bonchev–Trinajstić information content (AvgIpc) is 2.72. The Morgan fingerprint density at radius 3 is 2.27 bits per heavy atom. The van der Waals surface area contributed by atoms with Crippen molar-refractivity contribution in [2.45, 2.75) is 65.2 Å². The van der Waals surface area contributed by atoms with E-state index in [-0.39, 0.29) is 23.3 Å². The number of nitrogens with one attached hydrogen (secondary N) is 2. The minimum atomic E-state index is -0.253. The molecule has 0 unspecified atom stereocenters. The molecule has 0 fully saturated rings. The molecule has 162 valence electrons. The van der Waals surface area contributed by atoms with Crippen molar-refractivity contribution in [2.24, 2.45) is 0 Å². The Balaban J connectivity index is 2.18. The highest BCUT2D eigenvalue weighted by atomic mass is 16.5. The summed E-state index contributed by atoms with van der Waals surface area (Å²) >= 11 is 0. The van der Waals surface area contributed by atoms with E-state index in [0.29, 0.717) is 17.8 Å². The molecule has 30 heavy (non-hydrogen) atoms. The molecule has 0 saturated carbocycles. The summed E-state index contributed by atoms with van der Waals surface area (Å²) in [6, 6.07) is 13.3. The molecule has 5 nitrogen and oxygen atoms in total. The third kappa shape index (κ3) is 5.85. The zero-order valence-electron chi connectivity index (χ0n) is 19.0. The van der Waals surface area contributed by atoms with Gasteiger partial charge >= 0.3 is 0 Å². The minimum absolute atomic E-state index is 0.0690. The highest BCUT2D eigenvalue weighted by molar-refractivity contribution is 5.92. The second kappa shape index (κ2) is 9.79. The molecule has 2 aromatic carbocycles. The first-order valence-corrected chi connectivity index (χ1v) is 10.5. The fraction of sp³-hybridized carbons (Fsp3) is 0.440. The maximum atomic E-state index is 12.4. The van der Waals surface area contributed by atoms with Gasteiger partial charge in [-0.3, -0.25) is 9.59 Å². The SMILES string of the molecule is CCC(C)(C)c1ccc(OCC(=O)Nc2cccc(NC=O)c2)c(C(C)(C)CC)c1. The van der Waals surface area contributed by atoms with Crippen LogP contribution in [0.3, 0.4) is 0 Å². The zero-order chi connectivity index (χ0) is 22.4. The first-order valence-electron chi connectivity index (χ1n) is 10.5. The summed E-state index contributed by atoms with van der Waals surface area (Å²) in [6.45, 7) is 13.1. The van der Waals surface area contributed by atoms with E-state index >= 15 is 0 Å². The molecule has 0 aliphatic heterocycles. The van der Waals surface area contributed by atoms with Crippen LogP contribution in [-0.2, 0) is 20.4 Å². The van der Waals surface area contributed by atoms with Gasteiger partial charge in [0, 0.05) is 16.9 Å². The number of carbonyl (C=O) groups excluding carboxylic acids is 2. The Morgan fingerprint density at radius 1 is 0.967 bits per heavy atom. The van der Waals surface area contributed by atoms with E-state index < -0.39 is 0 Å². The van der Waals surface area contributed by atoms with Gasteiger partial charge in [0.2, 0.25) is 6.41 Å². The Kier molecular flexibility index (Phi) is 7.65. The van der Waals surface area contributed by atoms with Gasteiger partial charge in [-0.25, -0.2) is 0 Å². The van der Waals surface area contributed by atoms with Gasteiger partial charge in [-0.1, -0.05) is 59.7 Å². The molecule has 2 rings (SSSR count). The summed E-state index contributed by atoms with van der Waals surface area (Å²) in [7, 11) is 0. The lowest BCUT2D eigenvalue weighted by molar-refractivity contribution is -0.118. The first kappa shape index (κ1) is 23.5. The van der Waals surface area contributed by atoms with Gasteiger partial charge < -0.3 is 15.4 Å². The monoisotopic (exact) mass is 410 g/mol. The Labute approximate surface area is 180 Å². The van der Waals surface area contributed by atoms with Crippen LogP contribution in [0.4, 0.5) is 11.4 Å². The van der Waals surface area contributed by atoms with E-state index in [9.17, 15) is 9.59 Å². The first-order chi connectivity index (χ1) is 14.1. The van der Waals surface area contributed by atoms with E-state index in [0.717, 1.165) is 24.2 Å². The number of carbonyl (C=O) groups is 2. The molecule has 0 heterocycles. The summed E-state index contributed by atoms with van der Waals surface area (Å²) in [5.41, 5.74) is 3.62. The maximum Gasteiger partial charge on any atom is 0.262 e. The maximum absolute atomic E-state index is 12.4. The standard InChI is InChI=1S/C25H34N2O3/c1-7-24(3,4)18-12-13-22(21(14-18)25(5,6)8-2)30-16-23(29)27-20-11-9-10-19(15-20)26-17-28/h9-15,17H,7-8,16H2,1-6H3,(H,26,28)(H,27,29). The third-order valence-corrected chi connectivity index (χ3v) is 5.99. The molecule has 0 spiro atoms. The molecule has 0 bridgehead atoms. The second-order valence-electron chi connectivity index (χ2n) is 8.87. The molecular formula is C25H34N2O3. The van der Waals surface area contributed by atoms with Crippen LogP contribution in [0.1, 0.15) is 65.5 Å². The summed E-state index contributed by atoms with van der Waals surface area (Å²) in [6.07, 6.45) is 2.60. The Hall–Kier alpha value is -2.82. The van der Waals surface area contributed by atoms with Crippen molar-refractivity contribution in [3.63, 3.8) is 0 Å². The number of ether oxygens (including phenoxy) is 1. The number of rotatable bonds is 10. The van der Waals surface area contributed by atoms with Crippen LogP contribution in [0.5, 0.6) is 5.75 Å². The molecule has 0 atom stereocenters. The quantitative estimate of drug-likeness (QED) is 0.498. The second-order valence-corrected chi connectivity index (χ2v) is 8.87. The highest BCUT2D eigenvalue weighted by Crippen LogP contribution is 2.38. The van der Waals surface area contributed by atoms with Crippen molar-refractivity contribution in [3.8, 4) is 5.75 Å². The fourth-order valence-electron chi connectivity index (χ4n) is 3.10. The van der Waals surface area contributed by atoms with Crippen LogP contribution < -0.4 is 15.4 Å². The molecule has 0 aliphatic rings. The third-order valence-electron chi connectivity index (χ3n) is 5.99. The van der Waals surface area contributed by atoms with Crippen LogP contribution >= 0.6 is 0 Å². The predicted molar refractivity (Wildman–Crippen MR) is 123 cm³/mol. The number of hydrogen-bond acceptors (Lipinski definition) is 3. The summed E-state index contributed by atoms with van der Waals surface area (Å²) in [5, 5.41) is 5.38. The fourth-order valence-corrected chi connectivity index (χ4v) is 3.10. The van der Waals surface area contributed by atoms with Gasteiger partial charge in [0.15, 0.2) is 6.61 Å². The van der Waals surface area contributed by atoms with Gasteiger partial charge in [-0.05, 0) is 53.5 Å². The predicted octanol–water partition coefficient (Wildman–Crippen LogP) is 5.65. The largest absolute Gasteiger partial charge is 0.483 e. The summed E-state index contributed by atoms with van der Waals surface area (Å²) in [5.74, 6) is 0.487. The molecular weight excluding hydrogens is 376 g/mol. The number of benzene rings is 2. The number of hydrogen-bond donors (Lipinski definition) is 2. The normalized spacial score (nSPS) is 11.7. The summed E-state index contributed by atoms with van der Waals surface area (Å²) in [4.78, 5) is 23.0. The van der Waals surface area contributed by atoms with Gasteiger partial charge in [0.1, 0.15) is 5.75 Å². The summed E-state index contributed by atoms with van der Waals surface area (Å²) < 4.78 is 5.95. The van der Waals surface area contributed by atoms with E-state index in [2.05, 4.69) is 64.3 Å². The van der Waals surface area contributed by atoms with Crippen molar-refractivity contribution < 1.29 is 14.3 Å². The van der Waals surface area contributed by atoms with Crippen LogP contribution in [0, 0.1) is 0 Å². The van der Waals surface area contributed by atoms with E-state index in [1.165, 1.54) is 5.56 Å². The van der Waals surface area contributed by atoms with Gasteiger partial charge in [-0.2, -0.15) is 0 Å². The lowest BCUT2D eigenvalue weighted by Gasteiger charge is -2.30. The van der Waals surface area contributed by atoms with Gasteiger partial charge in [0.25, 0.3) is 5.91 Å². The lowest BCUT2D eigenvalue weighted by atomic mass is 9.76. The number of anilines is 2. The van der Waals surface area contributed by atoms with Crippen molar-refractivity contribution in [1.82, 2.24) is 0 Å². The lowest BCUT2D eigenvalue weighted by Crippen LogP contribution is -2.24. The average molecular weight is 411 g/mol. The molecule has 0 aromatic heterocycles. The molecule has 0 radical (unpaired) electrons. The van der Waals surface area contributed by atoms with Crippen LogP contribution in [0.15, 0.2) is 42.5 Å². The van der Waals surface area contributed by atoms with E-state index in [1.54, 1.807) is 24.3 Å². The Morgan fingerprint density at radius 2 is 1.63 bits per heavy atom. The van der Waals surface area contributed by atoms with E-state index in [1.807, 2.05) is 6.07 Å². The molecule has 0 saturated heterocycles. The van der Waals surface area contributed by atoms with Crippen LogP contribution in [0.25, 0.3) is 0 Å². The minimum Gasteiger partial charge on any atom is -0.483 e. The van der Waals surface area contributed by atoms with E-state index in [4.69, 9.17) is 4.74 Å². The molecule has 2 aromatic rings. The van der Waals surface area contributed by atoms with Crippen molar-refractivity contribution >= 4 is 23.7 Å². The van der Waals surface area contributed by atoms with Crippen molar-refractivity contribution in [3.05, 3.63) is 53.6 Å². The van der Waals surface area contributed by atoms with Crippen molar-refractivity contribution in [2.75, 3.05) is 17.2 Å². The molecule has 5 heteroatoms. The Bertz CT molecular complexity index is 888. The molecule has 2 N–H and O–H groups in total. The van der Waals surface area contributed by atoms with Crippen LogP contribution in [0.2, 0.25) is 0 Å². The van der Waals surface area contributed by atoms with Gasteiger partial charge in [-0.15, -0.1) is 0 Å².